The van der Waals surface area contributed by atoms with Gasteiger partial charge in [-0.2, -0.15) is 0 Å². The summed E-state index contributed by atoms with van der Waals surface area (Å²) in [6.07, 6.45) is 6.54. The van der Waals surface area contributed by atoms with Crippen molar-refractivity contribution in [2.75, 3.05) is 13.1 Å². The summed E-state index contributed by atoms with van der Waals surface area (Å²) < 4.78 is 0. The van der Waals surface area contributed by atoms with Crippen LogP contribution in [-0.2, 0) is 0 Å². The van der Waals surface area contributed by atoms with Gasteiger partial charge in [0.05, 0.1) is 0 Å². The third-order valence-electron chi connectivity index (χ3n) is 3.78. The summed E-state index contributed by atoms with van der Waals surface area (Å²) >= 11 is 0. The van der Waals surface area contributed by atoms with Gasteiger partial charge in [0.25, 0.3) is 0 Å². The van der Waals surface area contributed by atoms with Gasteiger partial charge in [-0.1, -0.05) is 20.3 Å². The maximum atomic E-state index is 3.58. The molecule has 0 amide bonds. The molecule has 1 heteroatoms. The van der Waals surface area contributed by atoms with Crippen molar-refractivity contribution in [3.05, 3.63) is 0 Å². The lowest BCUT2D eigenvalue weighted by Gasteiger charge is -2.34. The minimum Gasteiger partial charge on any atom is -0.316 e. The first-order chi connectivity index (χ1) is 7.77. The maximum absolute atomic E-state index is 3.58. The first kappa shape index (κ1) is 13.6. The Kier molecular flexibility index (Phi) is 6.57. The number of hydrogen-bond donors (Lipinski definition) is 1. The zero-order valence-corrected chi connectivity index (χ0v) is 11.2. The van der Waals surface area contributed by atoms with E-state index in [1.165, 1.54) is 32.2 Å². The molecule has 0 aliphatic heterocycles. The van der Waals surface area contributed by atoms with Crippen molar-refractivity contribution >= 4 is 0 Å². The highest BCUT2D eigenvalue weighted by molar-refractivity contribution is 4.98. The Hall–Kier alpha value is -0.480. The molecule has 1 fully saturated rings. The second kappa shape index (κ2) is 7.74. The van der Waals surface area contributed by atoms with Gasteiger partial charge >= 0.3 is 0 Å². The van der Waals surface area contributed by atoms with Crippen LogP contribution in [0.2, 0.25) is 0 Å². The first-order valence-electron chi connectivity index (χ1n) is 6.88. The van der Waals surface area contributed by atoms with Crippen LogP contribution >= 0.6 is 0 Å². The minimum atomic E-state index is 0.834. The van der Waals surface area contributed by atoms with Crippen LogP contribution in [-0.4, -0.2) is 13.1 Å². The van der Waals surface area contributed by atoms with Gasteiger partial charge in [0.15, 0.2) is 0 Å². The van der Waals surface area contributed by atoms with Crippen LogP contribution in [0.5, 0.6) is 0 Å². The second-order valence-corrected chi connectivity index (χ2v) is 5.27. The fourth-order valence-corrected chi connectivity index (χ4v) is 2.78. The summed E-state index contributed by atoms with van der Waals surface area (Å²) in [5, 5.41) is 3.58. The molecule has 0 aromatic rings. The number of nitrogens with one attached hydrogen (secondary N) is 1. The Morgan fingerprint density at radius 1 is 1.25 bits per heavy atom. The van der Waals surface area contributed by atoms with E-state index in [1.807, 2.05) is 6.92 Å². The molecule has 0 aromatic heterocycles. The molecule has 1 rings (SSSR count). The monoisotopic (exact) mass is 221 g/mol. The summed E-state index contributed by atoms with van der Waals surface area (Å²) in [4.78, 5) is 0. The van der Waals surface area contributed by atoms with Crippen LogP contribution in [0.25, 0.3) is 0 Å². The van der Waals surface area contributed by atoms with Crippen molar-refractivity contribution in [1.29, 1.82) is 0 Å². The van der Waals surface area contributed by atoms with Crippen LogP contribution in [0, 0.1) is 29.6 Å². The summed E-state index contributed by atoms with van der Waals surface area (Å²) in [6.45, 7) is 8.95. The Balaban J connectivity index is 2.39. The zero-order chi connectivity index (χ0) is 11.8. The molecule has 1 aliphatic rings. The van der Waals surface area contributed by atoms with E-state index in [4.69, 9.17) is 0 Å². The maximum Gasteiger partial charge on any atom is 0.0120 e. The molecule has 0 heterocycles. The first-order valence-corrected chi connectivity index (χ1v) is 6.88. The van der Waals surface area contributed by atoms with Crippen molar-refractivity contribution in [1.82, 2.24) is 5.32 Å². The summed E-state index contributed by atoms with van der Waals surface area (Å²) in [7, 11) is 0. The number of rotatable bonds is 5. The lowest BCUT2D eigenvalue weighted by molar-refractivity contribution is 0.188. The normalized spacial score (nSPS) is 29.6. The molecule has 0 aromatic carbocycles. The topological polar surface area (TPSA) is 12.0 Å². The van der Waals surface area contributed by atoms with Gasteiger partial charge < -0.3 is 5.32 Å². The molecular formula is C15H27N. The molecule has 1 N–H and O–H groups in total. The predicted molar refractivity (Wildman–Crippen MR) is 71.2 cm³/mol. The van der Waals surface area contributed by atoms with Gasteiger partial charge in [-0.3, -0.25) is 0 Å². The Morgan fingerprint density at radius 2 is 2.06 bits per heavy atom. The highest BCUT2D eigenvalue weighted by Gasteiger charge is 2.27. The van der Waals surface area contributed by atoms with E-state index in [-0.39, 0.29) is 0 Å². The van der Waals surface area contributed by atoms with E-state index < -0.39 is 0 Å². The molecule has 0 saturated heterocycles. The Labute approximate surface area is 101 Å². The van der Waals surface area contributed by atoms with Gasteiger partial charge in [-0.05, 0) is 57.0 Å². The molecular weight excluding hydrogens is 194 g/mol. The zero-order valence-electron chi connectivity index (χ0n) is 11.2. The van der Waals surface area contributed by atoms with Crippen LogP contribution in [0.3, 0.4) is 0 Å². The molecule has 0 spiro atoms. The van der Waals surface area contributed by atoms with Crippen LogP contribution in [0.15, 0.2) is 0 Å². The van der Waals surface area contributed by atoms with Crippen molar-refractivity contribution in [3.8, 4) is 11.8 Å². The second-order valence-electron chi connectivity index (χ2n) is 5.27. The average Bonchev–Trinajstić information content (AvgIpc) is 2.29. The van der Waals surface area contributed by atoms with Crippen LogP contribution in [0.1, 0.15) is 52.9 Å². The molecule has 1 nitrogen and oxygen atoms in total. The van der Waals surface area contributed by atoms with E-state index in [0.717, 1.165) is 30.7 Å². The highest BCUT2D eigenvalue weighted by Crippen LogP contribution is 2.35. The van der Waals surface area contributed by atoms with Gasteiger partial charge in [0.2, 0.25) is 0 Å². The van der Waals surface area contributed by atoms with E-state index in [1.54, 1.807) is 0 Å². The summed E-state index contributed by atoms with van der Waals surface area (Å²) in [5.41, 5.74) is 0. The fraction of sp³-hybridized carbons (Fsp3) is 0.867. The SMILES string of the molecule is CC#CCC1CC(C)CCC1CNCCC. The van der Waals surface area contributed by atoms with E-state index >= 15 is 0 Å². The minimum absolute atomic E-state index is 0.834. The van der Waals surface area contributed by atoms with E-state index in [9.17, 15) is 0 Å². The van der Waals surface area contributed by atoms with Gasteiger partial charge in [-0.25, -0.2) is 0 Å². The lowest BCUT2D eigenvalue weighted by atomic mass is 9.73. The summed E-state index contributed by atoms with van der Waals surface area (Å²) in [5.74, 6) is 8.94. The average molecular weight is 221 g/mol. The Morgan fingerprint density at radius 3 is 2.75 bits per heavy atom. The summed E-state index contributed by atoms with van der Waals surface area (Å²) in [6, 6.07) is 0. The van der Waals surface area contributed by atoms with Gasteiger partial charge in [-0.15, -0.1) is 11.8 Å². The number of hydrogen-bond acceptors (Lipinski definition) is 1. The quantitative estimate of drug-likeness (QED) is 0.554. The molecule has 92 valence electrons. The van der Waals surface area contributed by atoms with Crippen molar-refractivity contribution in [2.45, 2.75) is 52.9 Å². The lowest BCUT2D eigenvalue weighted by Crippen LogP contribution is -2.32. The molecule has 1 aliphatic carbocycles. The highest BCUT2D eigenvalue weighted by atomic mass is 14.9. The van der Waals surface area contributed by atoms with Crippen molar-refractivity contribution in [2.24, 2.45) is 17.8 Å². The molecule has 3 unspecified atom stereocenters. The molecule has 16 heavy (non-hydrogen) atoms. The van der Waals surface area contributed by atoms with Crippen molar-refractivity contribution in [3.63, 3.8) is 0 Å². The fourth-order valence-electron chi connectivity index (χ4n) is 2.78. The molecule has 1 saturated carbocycles. The van der Waals surface area contributed by atoms with Crippen LogP contribution in [0.4, 0.5) is 0 Å². The molecule has 0 bridgehead atoms. The smallest absolute Gasteiger partial charge is 0.0120 e. The predicted octanol–water partition coefficient (Wildman–Crippen LogP) is 3.45. The van der Waals surface area contributed by atoms with E-state index in [2.05, 4.69) is 31.0 Å². The van der Waals surface area contributed by atoms with Crippen molar-refractivity contribution < 1.29 is 0 Å². The van der Waals surface area contributed by atoms with Gasteiger partial charge in [0, 0.05) is 6.42 Å². The third kappa shape index (κ3) is 4.58. The molecule has 0 radical (unpaired) electrons. The standard InChI is InChI=1S/C15H27N/c1-4-6-7-14-11-13(3)8-9-15(14)12-16-10-5-2/h13-16H,5,7-12H2,1-3H3. The van der Waals surface area contributed by atoms with Gasteiger partial charge in [0.1, 0.15) is 0 Å². The van der Waals surface area contributed by atoms with E-state index in [0.29, 0.717) is 0 Å². The molecule has 3 atom stereocenters. The Bertz CT molecular complexity index is 236. The third-order valence-corrected chi connectivity index (χ3v) is 3.78. The van der Waals surface area contributed by atoms with Crippen LogP contribution < -0.4 is 5.32 Å². The largest absolute Gasteiger partial charge is 0.316 e.